The van der Waals surface area contributed by atoms with Gasteiger partial charge in [-0.3, -0.25) is 4.79 Å². The van der Waals surface area contributed by atoms with Gasteiger partial charge in [0, 0.05) is 17.5 Å². The average Bonchev–Trinajstić information content (AvgIpc) is 2.58. The highest BCUT2D eigenvalue weighted by Crippen LogP contribution is 2.13. The van der Waals surface area contributed by atoms with Gasteiger partial charge in [-0.1, -0.05) is 37.6 Å². The number of hydrogen-bond donors (Lipinski definition) is 2. The van der Waals surface area contributed by atoms with Crippen molar-refractivity contribution in [3.63, 3.8) is 0 Å². The highest BCUT2D eigenvalue weighted by atomic mass is 35.5. The summed E-state index contributed by atoms with van der Waals surface area (Å²) >= 11 is 5.97. The zero-order valence-corrected chi connectivity index (χ0v) is 14.8. The van der Waals surface area contributed by atoms with Gasteiger partial charge < -0.3 is 10.6 Å². The van der Waals surface area contributed by atoms with Crippen LogP contribution in [0, 0.1) is 5.92 Å². The Morgan fingerprint density at radius 1 is 1.12 bits per heavy atom. The molecule has 24 heavy (non-hydrogen) atoms. The molecule has 6 heteroatoms. The molecule has 0 saturated carbocycles. The molecule has 2 rings (SSSR count). The molecule has 1 aromatic carbocycles. The van der Waals surface area contributed by atoms with E-state index in [0.29, 0.717) is 11.6 Å². The predicted octanol–water partition coefficient (Wildman–Crippen LogP) is 4.16. The summed E-state index contributed by atoms with van der Waals surface area (Å²) in [4.78, 5) is 12.0. The van der Waals surface area contributed by atoms with E-state index in [1.807, 2.05) is 44.2 Å². The number of nitrogens with one attached hydrogen (secondary N) is 2. The van der Waals surface area contributed by atoms with Crippen molar-refractivity contribution < 1.29 is 4.79 Å². The lowest BCUT2D eigenvalue weighted by molar-refractivity contribution is -0.120. The summed E-state index contributed by atoms with van der Waals surface area (Å²) in [5.41, 5.74) is 1.16. The summed E-state index contributed by atoms with van der Waals surface area (Å²) in [5.74, 6) is 1.17. The highest BCUT2D eigenvalue weighted by Gasteiger charge is 2.14. The van der Waals surface area contributed by atoms with E-state index in [9.17, 15) is 4.79 Å². The van der Waals surface area contributed by atoms with Gasteiger partial charge in [-0.05, 0) is 49.1 Å². The quantitative estimate of drug-likeness (QED) is 0.753. The minimum absolute atomic E-state index is 0.00374. The maximum absolute atomic E-state index is 12.0. The molecule has 0 fully saturated rings. The van der Waals surface area contributed by atoms with Gasteiger partial charge in [0.15, 0.2) is 5.82 Å². The van der Waals surface area contributed by atoms with Crippen molar-refractivity contribution in [2.45, 2.75) is 33.1 Å². The van der Waals surface area contributed by atoms with Gasteiger partial charge in [0.25, 0.3) is 0 Å². The van der Waals surface area contributed by atoms with Gasteiger partial charge >= 0.3 is 0 Å². The summed E-state index contributed by atoms with van der Waals surface area (Å²) in [5, 5.41) is 14.9. The van der Waals surface area contributed by atoms with Crippen LogP contribution in [0.4, 0.5) is 11.6 Å². The van der Waals surface area contributed by atoms with E-state index < -0.39 is 0 Å². The fourth-order valence-corrected chi connectivity index (χ4v) is 2.62. The SMILES string of the molecule is CCC(CC)C(=O)Nc1ccc(NCCc2cccc(Cl)c2)nn1. The van der Waals surface area contributed by atoms with Crippen LogP contribution in [-0.2, 0) is 11.2 Å². The molecule has 0 bridgehead atoms. The highest BCUT2D eigenvalue weighted by molar-refractivity contribution is 6.30. The number of halogens is 1. The first kappa shape index (κ1) is 18.2. The topological polar surface area (TPSA) is 66.9 Å². The van der Waals surface area contributed by atoms with Crippen molar-refractivity contribution in [2.24, 2.45) is 5.92 Å². The van der Waals surface area contributed by atoms with Crippen LogP contribution in [0.15, 0.2) is 36.4 Å². The second-order valence-electron chi connectivity index (χ2n) is 5.61. The Morgan fingerprint density at radius 3 is 2.46 bits per heavy atom. The molecular formula is C18H23ClN4O. The van der Waals surface area contributed by atoms with E-state index >= 15 is 0 Å². The number of aromatic nitrogens is 2. The average molecular weight is 347 g/mol. The number of hydrogen-bond acceptors (Lipinski definition) is 4. The minimum atomic E-state index is -0.00374. The minimum Gasteiger partial charge on any atom is -0.368 e. The molecule has 0 saturated heterocycles. The molecule has 0 aliphatic carbocycles. The fourth-order valence-electron chi connectivity index (χ4n) is 2.41. The monoisotopic (exact) mass is 346 g/mol. The number of nitrogens with zero attached hydrogens (tertiary/aromatic N) is 2. The second kappa shape index (κ2) is 9.23. The van der Waals surface area contributed by atoms with Gasteiger partial charge in [0.05, 0.1) is 0 Å². The van der Waals surface area contributed by atoms with Crippen molar-refractivity contribution in [3.05, 3.63) is 47.0 Å². The molecular weight excluding hydrogens is 324 g/mol. The largest absolute Gasteiger partial charge is 0.368 e. The number of benzene rings is 1. The van der Waals surface area contributed by atoms with E-state index in [0.717, 1.165) is 36.4 Å². The first-order valence-corrected chi connectivity index (χ1v) is 8.63. The first-order chi connectivity index (χ1) is 11.6. The Balaban J connectivity index is 1.82. The third kappa shape index (κ3) is 5.49. The van der Waals surface area contributed by atoms with E-state index in [4.69, 9.17) is 11.6 Å². The first-order valence-electron chi connectivity index (χ1n) is 8.25. The number of carbonyl (C=O) groups is 1. The molecule has 0 atom stereocenters. The summed E-state index contributed by atoms with van der Waals surface area (Å²) in [6.07, 6.45) is 2.48. The summed E-state index contributed by atoms with van der Waals surface area (Å²) in [6.45, 7) is 4.74. The number of amides is 1. The summed E-state index contributed by atoms with van der Waals surface area (Å²) in [6, 6.07) is 11.4. The fraction of sp³-hybridized carbons (Fsp3) is 0.389. The van der Waals surface area contributed by atoms with Crippen LogP contribution in [0.1, 0.15) is 32.3 Å². The zero-order chi connectivity index (χ0) is 17.4. The standard InChI is InChI=1S/C18H23ClN4O/c1-3-14(4-2)18(24)21-17-9-8-16(22-23-17)20-11-10-13-6-5-7-15(19)12-13/h5-9,12,14H,3-4,10-11H2,1-2H3,(H,20,22)(H,21,23,24). The van der Waals surface area contributed by atoms with Crippen LogP contribution in [0.2, 0.25) is 5.02 Å². The van der Waals surface area contributed by atoms with Crippen molar-refractivity contribution >= 4 is 29.1 Å². The van der Waals surface area contributed by atoms with Crippen LogP contribution in [0.5, 0.6) is 0 Å². The maximum Gasteiger partial charge on any atom is 0.228 e. The van der Waals surface area contributed by atoms with Crippen molar-refractivity contribution in [1.82, 2.24) is 10.2 Å². The van der Waals surface area contributed by atoms with E-state index in [1.54, 1.807) is 6.07 Å². The molecule has 128 valence electrons. The summed E-state index contributed by atoms with van der Waals surface area (Å²) < 4.78 is 0. The van der Waals surface area contributed by atoms with Gasteiger partial charge in [0.2, 0.25) is 5.91 Å². The number of carbonyl (C=O) groups excluding carboxylic acids is 1. The molecule has 0 unspecified atom stereocenters. The van der Waals surface area contributed by atoms with Crippen molar-refractivity contribution in [2.75, 3.05) is 17.2 Å². The van der Waals surface area contributed by atoms with Gasteiger partial charge in [-0.25, -0.2) is 0 Å². The van der Waals surface area contributed by atoms with Crippen molar-refractivity contribution in [3.8, 4) is 0 Å². The number of anilines is 2. The van der Waals surface area contributed by atoms with E-state index in [1.165, 1.54) is 0 Å². The lowest BCUT2D eigenvalue weighted by atomic mass is 10.0. The van der Waals surface area contributed by atoms with Gasteiger partial charge in [0.1, 0.15) is 5.82 Å². The Morgan fingerprint density at radius 2 is 1.83 bits per heavy atom. The Kier molecular flexibility index (Phi) is 7.00. The lowest BCUT2D eigenvalue weighted by Crippen LogP contribution is -2.22. The van der Waals surface area contributed by atoms with Crippen LogP contribution in [-0.4, -0.2) is 22.6 Å². The molecule has 0 spiro atoms. The summed E-state index contributed by atoms with van der Waals surface area (Å²) in [7, 11) is 0. The van der Waals surface area contributed by atoms with Crippen LogP contribution >= 0.6 is 11.6 Å². The molecule has 0 aliphatic heterocycles. The van der Waals surface area contributed by atoms with Gasteiger partial charge in [-0.15, -0.1) is 10.2 Å². The normalized spacial score (nSPS) is 10.7. The predicted molar refractivity (Wildman–Crippen MR) is 98.4 cm³/mol. The third-order valence-electron chi connectivity index (χ3n) is 3.88. The molecule has 1 heterocycles. The van der Waals surface area contributed by atoms with Crippen molar-refractivity contribution in [1.29, 1.82) is 0 Å². The molecule has 0 radical (unpaired) electrons. The smallest absolute Gasteiger partial charge is 0.228 e. The molecule has 1 amide bonds. The van der Waals surface area contributed by atoms with E-state index in [2.05, 4.69) is 20.8 Å². The van der Waals surface area contributed by atoms with Crippen LogP contribution in [0.25, 0.3) is 0 Å². The molecule has 5 nitrogen and oxygen atoms in total. The molecule has 2 aromatic rings. The van der Waals surface area contributed by atoms with Crippen LogP contribution in [0.3, 0.4) is 0 Å². The molecule has 1 aromatic heterocycles. The second-order valence-corrected chi connectivity index (χ2v) is 6.05. The Hall–Kier alpha value is -2.14. The van der Waals surface area contributed by atoms with Gasteiger partial charge in [-0.2, -0.15) is 0 Å². The van der Waals surface area contributed by atoms with E-state index in [-0.39, 0.29) is 11.8 Å². The third-order valence-corrected chi connectivity index (χ3v) is 4.12. The lowest BCUT2D eigenvalue weighted by Gasteiger charge is -2.12. The Labute approximate surface area is 147 Å². The zero-order valence-electron chi connectivity index (χ0n) is 14.1. The van der Waals surface area contributed by atoms with Crippen LogP contribution < -0.4 is 10.6 Å². The Bertz CT molecular complexity index is 656. The number of rotatable bonds is 8. The molecule has 2 N–H and O–H groups in total. The maximum atomic E-state index is 12.0. The molecule has 0 aliphatic rings.